The van der Waals surface area contributed by atoms with Gasteiger partial charge in [0, 0.05) is 19.5 Å². The third-order valence-electron chi connectivity index (χ3n) is 3.74. The van der Waals surface area contributed by atoms with E-state index in [0.29, 0.717) is 6.42 Å². The fraction of sp³-hybridized carbons (Fsp3) is 0.833. The Morgan fingerprint density at radius 1 is 1.40 bits per heavy atom. The number of hydrogen-bond donors (Lipinski definition) is 0. The van der Waals surface area contributed by atoms with Crippen LogP contribution in [0.25, 0.3) is 0 Å². The topological polar surface area (TPSA) is 44.1 Å². The minimum Gasteiger partial charge on any atom is -0.343 e. The summed E-state index contributed by atoms with van der Waals surface area (Å²) in [4.78, 5) is 13.6. The van der Waals surface area contributed by atoms with Crippen LogP contribution in [0.5, 0.6) is 0 Å². The van der Waals surface area contributed by atoms with E-state index in [4.69, 9.17) is 5.26 Å². The number of rotatable bonds is 3. The predicted molar refractivity (Wildman–Crippen MR) is 56.9 cm³/mol. The van der Waals surface area contributed by atoms with Gasteiger partial charge in [-0.15, -0.1) is 0 Å². The summed E-state index contributed by atoms with van der Waals surface area (Å²) >= 11 is 0. The zero-order valence-electron chi connectivity index (χ0n) is 9.11. The summed E-state index contributed by atoms with van der Waals surface area (Å²) in [7, 11) is 0. The normalized spacial score (nSPS) is 27.3. The summed E-state index contributed by atoms with van der Waals surface area (Å²) < 4.78 is 0. The summed E-state index contributed by atoms with van der Waals surface area (Å²) in [5.74, 6) is 1.02. The molecule has 82 valence electrons. The Bertz CT molecular complexity index is 278. The number of likely N-dealkylation sites (tertiary alicyclic amines) is 1. The fourth-order valence-corrected chi connectivity index (χ4v) is 2.34. The van der Waals surface area contributed by atoms with E-state index in [1.807, 2.05) is 4.90 Å². The maximum absolute atomic E-state index is 11.7. The number of piperidine rings is 1. The lowest BCUT2D eigenvalue weighted by molar-refractivity contribution is -0.134. The average Bonchev–Trinajstić information content (AvgIpc) is 2.18. The van der Waals surface area contributed by atoms with Crippen LogP contribution in [-0.4, -0.2) is 23.9 Å². The highest BCUT2D eigenvalue weighted by Gasteiger charge is 2.26. The van der Waals surface area contributed by atoms with Gasteiger partial charge in [0.05, 0.1) is 12.0 Å². The van der Waals surface area contributed by atoms with Gasteiger partial charge in [0.25, 0.3) is 0 Å². The van der Waals surface area contributed by atoms with Crippen LogP contribution in [0.4, 0.5) is 0 Å². The molecule has 2 rings (SSSR count). The van der Waals surface area contributed by atoms with Crippen molar-refractivity contribution >= 4 is 5.91 Å². The van der Waals surface area contributed by atoms with Crippen LogP contribution in [-0.2, 0) is 4.79 Å². The van der Waals surface area contributed by atoms with Crippen molar-refractivity contribution < 1.29 is 4.79 Å². The number of amides is 1. The van der Waals surface area contributed by atoms with Gasteiger partial charge in [-0.3, -0.25) is 4.79 Å². The van der Waals surface area contributed by atoms with Crippen LogP contribution in [0.2, 0.25) is 0 Å². The SMILES string of the molecule is N#CC1CCN(CCC2CCC2)C(=O)C1. The second-order valence-corrected chi connectivity index (χ2v) is 4.79. The molecule has 3 heteroatoms. The molecule has 1 aliphatic heterocycles. The second-order valence-electron chi connectivity index (χ2n) is 4.79. The molecule has 0 aromatic heterocycles. The molecule has 1 saturated heterocycles. The van der Waals surface area contributed by atoms with E-state index < -0.39 is 0 Å². The van der Waals surface area contributed by atoms with E-state index in [-0.39, 0.29) is 11.8 Å². The van der Waals surface area contributed by atoms with E-state index >= 15 is 0 Å². The van der Waals surface area contributed by atoms with Crippen molar-refractivity contribution in [2.24, 2.45) is 11.8 Å². The standard InChI is InChI=1S/C12H18N2O/c13-9-11-5-7-14(12(15)8-11)6-4-10-2-1-3-10/h10-11H,1-8H2. The van der Waals surface area contributed by atoms with Gasteiger partial charge in [-0.05, 0) is 18.8 Å². The first-order valence-electron chi connectivity index (χ1n) is 5.97. The zero-order valence-corrected chi connectivity index (χ0v) is 9.11. The smallest absolute Gasteiger partial charge is 0.223 e. The van der Waals surface area contributed by atoms with Crippen LogP contribution in [0, 0.1) is 23.2 Å². The van der Waals surface area contributed by atoms with Crippen LogP contribution in [0.15, 0.2) is 0 Å². The molecule has 1 unspecified atom stereocenters. The van der Waals surface area contributed by atoms with Crippen molar-refractivity contribution in [2.75, 3.05) is 13.1 Å². The third-order valence-corrected chi connectivity index (χ3v) is 3.74. The summed E-state index contributed by atoms with van der Waals surface area (Å²) in [5.41, 5.74) is 0. The molecule has 2 fully saturated rings. The summed E-state index contributed by atoms with van der Waals surface area (Å²) in [6, 6.07) is 2.19. The molecule has 1 atom stereocenters. The number of nitriles is 1. The van der Waals surface area contributed by atoms with E-state index in [1.54, 1.807) is 0 Å². The Balaban J connectivity index is 1.73. The average molecular weight is 206 g/mol. The van der Waals surface area contributed by atoms with Crippen molar-refractivity contribution in [1.82, 2.24) is 4.90 Å². The van der Waals surface area contributed by atoms with Gasteiger partial charge in [0.1, 0.15) is 0 Å². The van der Waals surface area contributed by atoms with Crippen LogP contribution in [0.1, 0.15) is 38.5 Å². The maximum Gasteiger partial charge on any atom is 0.223 e. The molecule has 0 aromatic rings. The van der Waals surface area contributed by atoms with Gasteiger partial charge >= 0.3 is 0 Å². The number of carbonyl (C=O) groups is 1. The Hall–Kier alpha value is -1.04. The molecule has 0 N–H and O–H groups in total. The third kappa shape index (κ3) is 2.50. The molecule has 1 heterocycles. The molecule has 0 spiro atoms. The first kappa shape index (κ1) is 10.5. The fourth-order valence-electron chi connectivity index (χ4n) is 2.34. The molecule has 1 amide bonds. The molecular formula is C12H18N2O. The Labute approximate surface area is 91.1 Å². The van der Waals surface area contributed by atoms with Crippen LogP contribution < -0.4 is 0 Å². The van der Waals surface area contributed by atoms with Crippen molar-refractivity contribution in [1.29, 1.82) is 5.26 Å². The molecule has 2 aliphatic rings. The number of carbonyl (C=O) groups excluding carboxylic acids is 1. The molecular weight excluding hydrogens is 188 g/mol. The highest BCUT2D eigenvalue weighted by atomic mass is 16.2. The number of hydrogen-bond acceptors (Lipinski definition) is 2. The molecule has 1 saturated carbocycles. The van der Waals surface area contributed by atoms with Crippen LogP contribution >= 0.6 is 0 Å². The summed E-state index contributed by atoms with van der Waals surface area (Å²) in [6.07, 6.45) is 6.55. The predicted octanol–water partition coefficient (Wildman–Crippen LogP) is 1.94. The highest BCUT2D eigenvalue weighted by Crippen LogP contribution is 2.30. The van der Waals surface area contributed by atoms with Crippen molar-refractivity contribution in [2.45, 2.75) is 38.5 Å². The molecule has 15 heavy (non-hydrogen) atoms. The summed E-state index contributed by atoms with van der Waals surface area (Å²) in [5, 5.41) is 8.74. The Morgan fingerprint density at radius 2 is 2.20 bits per heavy atom. The van der Waals surface area contributed by atoms with E-state index in [1.165, 1.54) is 25.7 Å². The second kappa shape index (κ2) is 4.65. The van der Waals surface area contributed by atoms with Gasteiger partial charge in [-0.25, -0.2) is 0 Å². The van der Waals surface area contributed by atoms with Gasteiger partial charge in [-0.1, -0.05) is 19.3 Å². The zero-order chi connectivity index (χ0) is 10.7. The lowest BCUT2D eigenvalue weighted by atomic mass is 9.83. The lowest BCUT2D eigenvalue weighted by Crippen LogP contribution is -2.39. The molecule has 0 aromatic carbocycles. The molecule has 1 aliphatic carbocycles. The molecule has 0 bridgehead atoms. The van der Waals surface area contributed by atoms with E-state index in [9.17, 15) is 4.79 Å². The lowest BCUT2D eigenvalue weighted by Gasteiger charge is -2.32. The van der Waals surface area contributed by atoms with Gasteiger partial charge < -0.3 is 4.90 Å². The van der Waals surface area contributed by atoms with Gasteiger partial charge in [0.15, 0.2) is 0 Å². The van der Waals surface area contributed by atoms with Crippen LogP contribution in [0.3, 0.4) is 0 Å². The molecule has 0 radical (unpaired) electrons. The highest BCUT2D eigenvalue weighted by molar-refractivity contribution is 5.77. The Kier molecular flexibility index (Phi) is 3.25. The van der Waals surface area contributed by atoms with E-state index in [0.717, 1.165) is 25.4 Å². The van der Waals surface area contributed by atoms with Crippen molar-refractivity contribution in [3.8, 4) is 6.07 Å². The Morgan fingerprint density at radius 3 is 2.73 bits per heavy atom. The first-order chi connectivity index (χ1) is 7.29. The first-order valence-corrected chi connectivity index (χ1v) is 5.97. The largest absolute Gasteiger partial charge is 0.343 e. The quantitative estimate of drug-likeness (QED) is 0.708. The minimum absolute atomic E-state index is 0.0301. The monoisotopic (exact) mass is 206 g/mol. The maximum atomic E-state index is 11.7. The molecule has 3 nitrogen and oxygen atoms in total. The van der Waals surface area contributed by atoms with E-state index in [2.05, 4.69) is 6.07 Å². The number of nitrogens with zero attached hydrogens (tertiary/aromatic N) is 2. The van der Waals surface area contributed by atoms with Gasteiger partial charge in [-0.2, -0.15) is 5.26 Å². The summed E-state index contributed by atoms with van der Waals surface area (Å²) in [6.45, 7) is 1.71. The van der Waals surface area contributed by atoms with Gasteiger partial charge in [0.2, 0.25) is 5.91 Å². The minimum atomic E-state index is -0.0301. The van der Waals surface area contributed by atoms with Crippen molar-refractivity contribution in [3.63, 3.8) is 0 Å². The van der Waals surface area contributed by atoms with Crippen molar-refractivity contribution in [3.05, 3.63) is 0 Å².